The maximum atomic E-state index is 10.6. The molecule has 1 aliphatic carbocycles. The van der Waals surface area contributed by atoms with Crippen molar-refractivity contribution in [2.75, 3.05) is 0 Å². The molecule has 17 heavy (non-hydrogen) atoms. The Hall–Kier alpha value is -2.25. The van der Waals surface area contributed by atoms with E-state index in [9.17, 15) is 4.79 Å². The topological polar surface area (TPSA) is 110 Å². The summed E-state index contributed by atoms with van der Waals surface area (Å²) in [5.74, 6) is -0.175. The van der Waals surface area contributed by atoms with E-state index >= 15 is 0 Å². The van der Waals surface area contributed by atoms with Gasteiger partial charge in [0.1, 0.15) is 18.7 Å². The van der Waals surface area contributed by atoms with Gasteiger partial charge in [0.05, 0.1) is 17.3 Å². The second-order valence-electron chi connectivity index (χ2n) is 4.11. The first kappa shape index (κ1) is 9.94. The zero-order valence-corrected chi connectivity index (χ0v) is 8.87. The minimum absolute atomic E-state index is 0.181. The van der Waals surface area contributed by atoms with E-state index in [-0.39, 0.29) is 12.0 Å². The molecule has 0 atom stereocenters. The minimum Gasteiger partial charge on any atom is -0.480 e. The van der Waals surface area contributed by atoms with Crippen molar-refractivity contribution in [2.24, 2.45) is 0 Å². The molecule has 88 valence electrons. The molecule has 3 rings (SSSR count). The Bertz CT molecular complexity index is 542. The number of aromatic nitrogens is 6. The summed E-state index contributed by atoms with van der Waals surface area (Å²) in [5, 5.41) is 23.1. The highest BCUT2D eigenvalue weighted by Gasteiger charge is 2.51. The summed E-state index contributed by atoms with van der Waals surface area (Å²) in [5.41, 5.74) is 0.503. The molecule has 0 aliphatic heterocycles. The van der Waals surface area contributed by atoms with Crippen LogP contribution < -0.4 is 0 Å². The van der Waals surface area contributed by atoms with Crippen LogP contribution in [0.5, 0.6) is 0 Å². The number of hydrogen-bond acceptors (Lipinski definition) is 5. The van der Waals surface area contributed by atoms with E-state index in [0.717, 1.165) is 24.4 Å². The second-order valence-corrected chi connectivity index (χ2v) is 4.11. The third-order valence-electron chi connectivity index (χ3n) is 2.94. The van der Waals surface area contributed by atoms with Crippen LogP contribution in [0.15, 0.2) is 12.5 Å². The molecule has 8 nitrogen and oxygen atoms in total. The Labute approximate surface area is 95.7 Å². The van der Waals surface area contributed by atoms with Crippen LogP contribution in [-0.4, -0.2) is 41.3 Å². The molecular weight excluding hydrogens is 224 g/mol. The summed E-state index contributed by atoms with van der Waals surface area (Å²) < 4.78 is 1.31. The van der Waals surface area contributed by atoms with Crippen molar-refractivity contribution < 1.29 is 9.90 Å². The van der Waals surface area contributed by atoms with Gasteiger partial charge >= 0.3 is 5.97 Å². The van der Waals surface area contributed by atoms with Crippen molar-refractivity contribution in [3.8, 4) is 0 Å². The Morgan fingerprint density at radius 1 is 1.59 bits per heavy atom. The second kappa shape index (κ2) is 3.37. The van der Waals surface area contributed by atoms with Crippen LogP contribution in [0.25, 0.3) is 0 Å². The summed E-state index contributed by atoms with van der Waals surface area (Å²) in [4.78, 5) is 14.7. The lowest BCUT2D eigenvalue weighted by molar-refractivity contribution is -0.137. The predicted octanol–water partition coefficient (Wildman–Crippen LogP) is -0.439. The number of carbonyl (C=O) groups is 1. The van der Waals surface area contributed by atoms with Crippen LogP contribution in [0.3, 0.4) is 0 Å². The summed E-state index contributed by atoms with van der Waals surface area (Å²) >= 11 is 0. The third kappa shape index (κ3) is 1.57. The average Bonchev–Trinajstić information content (AvgIpc) is 2.77. The van der Waals surface area contributed by atoms with Gasteiger partial charge in [-0.3, -0.25) is 9.89 Å². The standard InChI is InChI=1S/C9H10N6O2/c16-7(17)4-15-3-6(12-14-15)9(1-2-9)8-10-5-11-13-8/h3,5H,1-2,4H2,(H,16,17)(H,10,11,13). The first-order chi connectivity index (χ1) is 8.21. The highest BCUT2D eigenvalue weighted by atomic mass is 16.4. The van der Waals surface area contributed by atoms with Crippen LogP contribution in [0.2, 0.25) is 0 Å². The molecule has 1 fully saturated rings. The van der Waals surface area contributed by atoms with Gasteiger partial charge < -0.3 is 5.11 Å². The first-order valence-corrected chi connectivity index (χ1v) is 5.19. The molecule has 1 saturated carbocycles. The van der Waals surface area contributed by atoms with Crippen molar-refractivity contribution in [3.05, 3.63) is 24.0 Å². The number of nitrogens with one attached hydrogen (secondary N) is 1. The summed E-state index contributed by atoms with van der Waals surface area (Å²) in [6.07, 6.45) is 4.96. The molecule has 2 aromatic rings. The van der Waals surface area contributed by atoms with Gasteiger partial charge in [0.25, 0.3) is 0 Å². The van der Waals surface area contributed by atoms with Gasteiger partial charge in [-0.2, -0.15) is 5.10 Å². The first-order valence-electron chi connectivity index (χ1n) is 5.19. The smallest absolute Gasteiger partial charge is 0.325 e. The Morgan fingerprint density at radius 3 is 3.00 bits per heavy atom. The molecule has 0 amide bonds. The summed E-state index contributed by atoms with van der Waals surface area (Å²) in [6, 6.07) is 0. The molecule has 0 bridgehead atoms. The van der Waals surface area contributed by atoms with Gasteiger partial charge in [0, 0.05) is 0 Å². The maximum Gasteiger partial charge on any atom is 0.325 e. The van der Waals surface area contributed by atoms with Gasteiger partial charge in [-0.15, -0.1) is 5.10 Å². The summed E-state index contributed by atoms with van der Waals surface area (Å²) in [6.45, 7) is -0.181. The Kier molecular flexibility index (Phi) is 1.97. The molecule has 0 radical (unpaired) electrons. The third-order valence-corrected chi connectivity index (χ3v) is 2.94. The van der Waals surface area contributed by atoms with Crippen molar-refractivity contribution in [2.45, 2.75) is 24.8 Å². The van der Waals surface area contributed by atoms with Crippen LogP contribution >= 0.6 is 0 Å². The number of hydrogen-bond donors (Lipinski definition) is 2. The van der Waals surface area contributed by atoms with Crippen LogP contribution in [0.1, 0.15) is 24.4 Å². The Balaban J connectivity index is 1.90. The quantitative estimate of drug-likeness (QED) is 0.742. The zero-order chi connectivity index (χ0) is 11.9. The lowest BCUT2D eigenvalue weighted by Crippen LogP contribution is -2.12. The van der Waals surface area contributed by atoms with E-state index in [2.05, 4.69) is 25.5 Å². The number of carboxylic acids is 1. The molecule has 0 unspecified atom stereocenters. The van der Waals surface area contributed by atoms with E-state index in [4.69, 9.17) is 5.11 Å². The van der Waals surface area contributed by atoms with Gasteiger partial charge in [-0.25, -0.2) is 9.67 Å². The van der Waals surface area contributed by atoms with E-state index in [1.165, 1.54) is 11.0 Å². The van der Waals surface area contributed by atoms with Crippen molar-refractivity contribution in [1.29, 1.82) is 0 Å². The minimum atomic E-state index is -0.939. The number of rotatable bonds is 4. The van der Waals surface area contributed by atoms with Gasteiger partial charge in [-0.05, 0) is 12.8 Å². The fourth-order valence-corrected chi connectivity index (χ4v) is 1.91. The normalized spacial score (nSPS) is 16.9. The largest absolute Gasteiger partial charge is 0.480 e. The highest BCUT2D eigenvalue weighted by Crippen LogP contribution is 2.50. The molecule has 1 aliphatic rings. The average molecular weight is 234 g/mol. The molecule has 2 N–H and O–H groups in total. The molecule has 2 aromatic heterocycles. The van der Waals surface area contributed by atoms with E-state index in [1.807, 2.05) is 0 Å². The fraction of sp³-hybridized carbons (Fsp3) is 0.444. The SMILES string of the molecule is O=C(O)Cn1cc(C2(c3ncn[nH]3)CC2)nn1. The van der Waals surface area contributed by atoms with Crippen LogP contribution in [0.4, 0.5) is 0 Å². The lowest BCUT2D eigenvalue weighted by Gasteiger charge is -2.06. The van der Waals surface area contributed by atoms with Gasteiger partial charge in [0.2, 0.25) is 0 Å². The van der Waals surface area contributed by atoms with Crippen molar-refractivity contribution in [1.82, 2.24) is 30.2 Å². The molecule has 0 saturated heterocycles. The molecule has 8 heteroatoms. The molecule has 0 aromatic carbocycles. The van der Waals surface area contributed by atoms with Crippen LogP contribution in [0, 0.1) is 0 Å². The van der Waals surface area contributed by atoms with Gasteiger partial charge in [0.15, 0.2) is 0 Å². The Morgan fingerprint density at radius 2 is 2.41 bits per heavy atom. The number of carboxylic acid groups (broad SMARTS) is 1. The molecule has 2 heterocycles. The predicted molar refractivity (Wildman–Crippen MR) is 54.1 cm³/mol. The maximum absolute atomic E-state index is 10.6. The van der Waals surface area contributed by atoms with E-state index in [0.29, 0.717) is 0 Å². The van der Waals surface area contributed by atoms with E-state index < -0.39 is 5.97 Å². The van der Waals surface area contributed by atoms with E-state index in [1.54, 1.807) is 6.20 Å². The lowest BCUT2D eigenvalue weighted by atomic mass is 10.0. The van der Waals surface area contributed by atoms with Crippen LogP contribution in [-0.2, 0) is 16.8 Å². The molecule has 0 spiro atoms. The molecular formula is C9H10N6O2. The fourth-order valence-electron chi connectivity index (χ4n) is 1.91. The summed E-state index contributed by atoms with van der Waals surface area (Å²) in [7, 11) is 0. The highest BCUT2D eigenvalue weighted by molar-refractivity contribution is 5.66. The monoisotopic (exact) mass is 234 g/mol. The number of H-pyrrole nitrogens is 1. The van der Waals surface area contributed by atoms with Crippen molar-refractivity contribution in [3.63, 3.8) is 0 Å². The van der Waals surface area contributed by atoms with Crippen molar-refractivity contribution >= 4 is 5.97 Å². The number of nitrogens with zero attached hydrogens (tertiary/aromatic N) is 5. The van der Waals surface area contributed by atoms with Gasteiger partial charge in [-0.1, -0.05) is 5.21 Å². The zero-order valence-electron chi connectivity index (χ0n) is 8.87. The number of aliphatic carboxylic acids is 1. The number of aromatic amines is 1.